The molecule has 1 amide bonds. The van der Waals surface area contributed by atoms with E-state index in [1.54, 1.807) is 18.4 Å². The van der Waals surface area contributed by atoms with Crippen molar-refractivity contribution >= 4 is 17.7 Å². The minimum atomic E-state index is -0.745. The first kappa shape index (κ1) is 15.0. The first-order valence-corrected chi connectivity index (χ1v) is 8.05. The number of rotatable bonds is 2. The summed E-state index contributed by atoms with van der Waals surface area (Å²) < 4.78 is 19.2. The first-order chi connectivity index (χ1) is 11.4. The third-order valence-corrected chi connectivity index (χ3v) is 5.23. The van der Waals surface area contributed by atoms with Gasteiger partial charge in [0.05, 0.1) is 6.26 Å². The molecular formula is C19H19FN2O2. The van der Waals surface area contributed by atoms with Gasteiger partial charge in [-0.25, -0.2) is 4.39 Å². The number of nitrogens with zero attached hydrogens (tertiary/aromatic N) is 1. The maximum absolute atomic E-state index is 13.9. The fourth-order valence-corrected chi connectivity index (χ4v) is 3.91. The molecule has 0 saturated carbocycles. The van der Waals surface area contributed by atoms with Gasteiger partial charge in [-0.15, -0.1) is 0 Å². The van der Waals surface area contributed by atoms with Gasteiger partial charge in [-0.1, -0.05) is 13.8 Å². The highest BCUT2D eigenvalue weighted by atomic mass is 19.1. The zero-order chi connectivity index (χ0) is 16.9. The molecule has 1 aromatic heterocycles. The zero-order valence-electron chi connectivity index (χ0n) is 13.7. The molecule has 1 N–H and O–H groups in total. The van der Waals surface area contributed by atoms with Gasteiger partial charge in [0.25, 0.3) is 0 Å². The predicted octanol–water partition coefficient (Wildman–Crippen LogP) is 3.45. The van der Waals surface area contributed by atoms with Crippen molar-refractivity contribution in [1.82, 2.24) is 5.32 Å². The molecule has 2 aromatic rings. The number of nitrogens with one attached hydrogen (secondary N) is 1. The molecule has 0 spiro atoms. The number of halogens is 1. The van der Waals surface area contributed by atoms with Crippen molar-refractivity contribution in [3.8, 4) is 0 Å². The number of fused-ring (bicyclic) bond motifs is 3. The molecular weight excluding hydrogens is 307 g/mol. The molecule has 1 atom stereocenters. The molecule has 1 aromatic carbocycles. The Morgan fingerprint density at radius 2 is 2.17 bits per heavy atom. The van der Waals surface area contributed by atoms with Crippen LogP contribution >= 0.6 is 0 Å². The van der Waals surface area contributed by atoms with E-state index in [2.05, 4.69) is 10.2 Å². The normalized spacial score (nSPS) is 24.8. The summed E-state index contributed by atoms with van der Waals surface area (Å²) in [5, 5.41) is 3.15. The second-order valence-corrected chi connectivity index (χ2v) is 6.85. The fraction of sp³-hybridized carbons (Fsp3) is 0.316. The highest BCUT2D eigenvalue weighted by molar-refractivity contribution is 5.84. The van der Waals surface area contributed by atoms with Gasteiger partial charge in [0.1, 0.15) is 17.2 Å². The van der Waals surface area contributed by atoms with E-state index in [9.17, 15) is 9.18 Å². The molecule has 1 unspecified atom stereocenters. The van der Waals surface area contributed by atoms with E-state index in [1.807, 2.05) is 38.1 Å². The van der Waals surface area contributed by atoms with Crippen LogP contribution in [0.1, 0.15) is 31.6 Å². The van der Waals surface area contributed by atoms with Crippen LogP contribution in [0.5, 0.6) is 0 Å². The summed E-state index contributed by atoms with van der Waals surface area (Å²) in [5.74, 6) is 0.442. The van der Waals surface area contributed by atoms with Crippen LogP contribution < -0.4 is 10.2 Å². The molecule has 4 nitrogen and oxygen atoms in total. The van der Waals surface area contributed by atoms with Gasteiger partial charge < -0.3 is 14.6 Å². The molecule has 24 heavy (non-hydrogen) atoms. The van der Waals surface area contributed by atoms with Crippen LogP contribution in [0.2, 0.25) is 0 Å². The molecule has 2 aliphatic heterocycles. The summed E-state index contributed by atoms with van der Waals surface area (Å²) in [5.41, 5.74) is 0.619. The number of anilines is 1. The summed E-state index contributed by atoms with van der Waals surface area (Å²) in [4.78, 5) is 14.4. The summed E-state index contributed by atoms with van der Waals surface area (Å²) in [6, 6.07) is 8.52. The van der Waals surface area contributed by atoms with Crippen molar-refractivity contribution in [3.05, 3.63) is 59.8 Å². The van der Waals surface area contributed by atoms with Crippen molar-refractivity contribution in [1.29, 1.82) is 0 Å². The number of amides is 1. The van der Waals surface area contributed by atoms with Gasteiger partial charge in [0.15, 0.2) is 0 Å². The Balaban J connectivity index is 1.88. The lowest BCUT2D eigenvalue weighted by Crippen LogP contribution is -2.68. The maximum atomic E-state index is 13.9. The number of benzene rings is 1. The average molecular weight is 326 g/mol. The summed E-state index contributed by atoms with van der Waals surface area (Å²) >= 11 is 0. The maximum Gasteiger partial charge on any atom is 0.223 e. The van der Waals surface area contributed by atoms with E-state index in [0.717, 1.165) is 11.3 Å². The van der Waals surface area contributed by atoms with E-state index >= 15 is 0 Å². The quantitative estimate of drug-likeness (QED) is 0.919. The van der Waals surface area contributed by atoms with Crippen LogP contribution in [0.15, 0.2) is 47.1 Å². The van der Waals surface area contributed by atoms with Crippen LogP contribution in [-0.2, 0) is 10.2 Å². The average Bonchev–Trinajstić information content (AvgIpc) is 3.11. The Morgan fingerprint density at radius 3 is 2.92 bits per heavy atom. The lowest BCUT2D eigenvalue weighted by molar-refractivity contribution is -0.124. The Labute approximate surface area is 140 Å². The van der Waals surface area contributed by atoms with Crippen molar-refractivity contribution in [2.24, 2.45) is 0 Å². The Kier molecular flexibility index (Phi) is 3.10. The van der Waals surface area contributed by atoms with Crippen molar-refractivity contribution in [2.45, 2.75) is 31.3 Å². The Bertz CT molecular complexity index is 826. The van der Waals surface area contributed by atoms with E-state index in [-0.39, 0.29) is 11.7 Å². The zero-order valence-corrected chi connectivity index (χ0v) is 13.7. The van der Waals surface area contributed by atoms with Gasteiger partial charge >= 0.3 is 0 Å². The lowest BCUT2D eigenvalue weighted by Gasteiger charge is -2.49. The highest BCUT2D eigenvalue weighted by Crippen LogP contribution is 2.52. The lowest BCUT2D eigenvalue weighted by atomic mass is 9.74. The number of hydrogen-bond acceptors (Lipinski definition) is 3. The highest BCUT2D eigenvalue weighted by Gasteiger charge is 2.58. The SMILES string of the molecule is CC1(C)c2cc(F)ccc2N2CCC(=O)NC21C=Cc1ccco1. The number of carbonyl (C=O) groups excluding carboxylic acids is 1. The van der Waals surface area contributed by atoms with Gasteiger partial charge in [-0.3, -0.25) is 4.79 Å². The topological polar surface area (TPSA) is 45.5 Å². The largest absolute Gasteiger partial charge is 0.465 e. The summed E-state index contributed by atoms with van der Waals surface area (Å²) in [7, 11) is 0. The molecule has 1 saturated heterocycles. The van der Waals surface area contributed by atoms with Crippen LogP contribution in [0.3, 0.4) is 0 Å². The third kappa shape index (κ3) is 1.94. The van der Waals surface area contributed by atoms with Crippen molar-refractivity contribution in [2.75, 3.05) is 11.4 Å². The molecule has 0 radical (unpaired) electrons. The van der Waals surface area contributed by atoms with Crippen molar-refractivity contribution < 1.29 is 13.6 Å². The first-order valence-electron chi connectivity index (χ1n) is 8.05. The van der Waals surface area contributed by atoms with Gasteiger partial charge in [0, 0.05) is 24.1 Å². The van der Waals surface area contributed by atoms with Crippen LogP contribution in [0.4, 0.5) is 10.1 Å². The van der Waals surface area contributed by atoms with Gasteiger partial charge in [0.2, 0.25) is 5.91 Å². The van der Waals surface area contributed by atoms with E-state index < -0.39 is 11.1 Å². The molecule has 0 aliphatic carbocycles. The molecule has 3 heterocycles. The van der Waals surface area contributed by atoms with Gasteiger partial charge in [-0.05, 0) is 48.0 Å². The third-order valence-electron chi connectivity index (χ3n) is 5.23. The van der Waals surface area contributed by atoms with Crippen molar-refractivity contribution in [3.63, 3.8) is 0 Å². The smallest absolute Gasteiger partial charge is 0.223 e. The Hall–Kier alpha value is -2.56. The van der Waals surface area contributed by atoms with E-state index in [1.165, 1.54) is 6.07 Å². The number of hydrogen-bond donors (Lipinski definition) is 1. The minimum Gasteiger partial charge on any atom is -0.465 e. The molecule has 5 heteroatoms. The second-order valence-electron chi connectivity index (χ2n) is 6.85. The van der Waals surface area contributed by atoms with E-state index in [0.29, 0.717) is 18.7 Å². The molecule has 124 valence electrons. The van der Waals surface area contributed by atoms with Crippen LogP contribution in [-0.4, -0.2) is 18.1 Å². The molecule has 1 fully saturated rings. The van der Waals surface area contributed by atoms with Crippen LogP contribution in [0.25, 0.3) is 6.08 Å². The van der Waals surface area contributed by atoms with Gasteiger partial charge in [-0.2, -0.15) is 0 Å². The van der Waals surface area contributed by atoms with E-state index in [4.69, 9.17) is 4.42 Å². The molecule has 0 bridgehead atoms. The summed E-state index contributed by atoms with van der Waals surface area (Å²) in [6.07, 6.45) is 5.85. The predicted molar refractivity (Wildman–Crippen MR) is 90.0 cm³/mol. The number of furan rings is 1. The second kappa shape index (κ2) is 4.97. The monoisotopic (exact) mass is 326 g/mol. The number of carbonyl (C=O) groups is 1. The molecule has 2 aliphatic rings. The fourth-order valence-electron chi connectivity index (χ4n) is 3.91. The van der Waals surface area contributed by atoms with Crippen LogP contribution in [0, 0.1) is 5.82 Å². The minimum absolute atomic E-state index is 0.00306. The standard InChI is InChI=1S/C19H19FN2O2/c1-18(2)15-12-13(20)5-6-16(15)22-10-8-17(23)21-19(18,22)9-7-14-4-3-11-24-14/h3-7,9,11-12H,8,10H2,1-2H3,(H,21,23). The molecule has 4 rings (SSSR count). The summed E-state index contributed by atoms with van der Waals surface area (Å²) in [6.45, 7) is 4.66. The Morgan fingerprint density at radius 1 is 1.33 bits per heavy atom.